The number of hydrogen-bond donors (Lipinski definition) is 2. The van der Waals surface area contributed by atoms with E-state index in [4.69, 9.17) is 0 Å². The molecule has 0 atom stereocenters. The maximum Gasteiger partial charge on any atom is 0.278 e. The summed E-state index contributed by atoms with van der Waals surface area (Å²) in [5, 5.41) is 29.2. The molecule has 0 saturated heterocycles. The highest BCUT2D eigenvalue weighted by atomic mass is 16.6. The zero-order valence-electron chi connectivity index (χ0n) is 18.4. The molecule has 3 aromatic carbocycles. The second kappa shape index (κ2) is 8.98. The van der Waals surface area contributed by atoms with Crippen LogP contribution in [0, 0.1) is 17.0 Å². The number of rotatable bonds is 6. The van der Waals surface area contributed by atoms with Crippen LogP contribution in [0.25, 0.3) is 28.5 Å². The van der Waals surface area contributed by atoms with Crippen LogP contribution in [-0.2, 0) is 0 Å². The number of benzene rings is 3. The maximum atomic E-state index is 13.1. The largest absolute Gasteiger partial charge is 0.320 e. The summed E-state index contributed by atoms with van der Waals surface area (Å²) in [5.74, 6) is 0.559. The van der Waals surface area contributed by atoms with Gasteiger partial charge >= 0.3 is 0 Å². The predicted octanol–water partition coefficient (Wildman–Crippen LogP) is 4.19. The average molecular weight is 466 g/mol. The minimum Gasteiger partial charge on any atom is -0.320 e. The quantitative estimate of drug-likeness (QED) is 0.282. The number of anilines is 1. The van der Waals surface area contributed by atoms with Crippen LogP contribution >= 0.6 is 0 Å². The number of nitrogens with zero attached hydrogens (tertiary/aromatic N) is 6. The number of carbonyl (C=O) groups excluding carboxylic acids is 1. The van der Waals surface area contributed by atoms with Crippen LogP contribution in [0.1, 0.15) is 16.2 Å². The molecule has 11 heteroatoms. The molecule has 0 spiro atoms. The summed E-state index contributed by atoms with van der Waals surface area (Å²) in [6.45, 7) is 1.67. The fraction of sp³-hybridized carbons (Fsp3) is 0.0417. The molecule has 0 fully saturated rings. The Morgan fingerprint density at radius 3 is 2.60 bits per heavy atom. The second-order valence-electron chi connectivity index (χ2n) is 7.59. The van der Waals surface area contributed by atoms with Gasteiger partial charge in [0.05, 0.1) is 22.0 Å². The van der Waals surface area contributed by atoms with Gasteiger partial charge < -0.3 is 5.32 Å². The molecule has 2 heterocycles. The minimum absolute atomic E-state index is 0.0840. The van der Waals surface area contributed by atoms with E-state index in [9.17, 15) is 14.9 Å². The fourth-order valence-corrected chi connectivity index (χ4v) is 3.60. The molecule has 0 saturated carbocycles. The van der Waals surface area contributed by atoms with Crippen molar-refractivity contribution < 1.29 is 9.72 Å². The van der Waals surface area contributed by atoms with Crippen LogP contribution in [0.4, 0.5) is 11.4 Å². The molecule has 0 unspecified atom stereocenters. The first-order chi connectivity index (χ1) is 17.0. The summed E-state index contributed by atoms with van der Waals surface area (Å²) in [4.78, 5) is 28.3. The molecule has 172 valence electrons. The number of carbonyl (C=O) groups is 1. The standard InChI is InChI=1S/C24H18N8O3/c1-15-21(27-30-31(15)17-10-7-11-18(14-17)32(34)35)24(33)25-20-13-6-5-12-19(20)23-26-22(28-29-23)16-8-3-2-4-9-16/h2-14H,1H3,(H,25,33)(H,26,28,29). The van der Waals surface area contributed by atoms with Crippen molar-refractivity contribution in [2.24, 2.45) is 0 Å². The zero-order chi connectivity index (χ0) is 24.4. The first kappa shape index (κ1) is 21.6. The number of amides is 1. The lowest BCUT2D eigenvalue weighted by molar-refractivity contribution is -0.384. The molecule has 11 nitrogen and oxygen atoms in total. The highest BCUT2D eigenvalue weighted by Gasteiger charge is 2.20. The van der Waals surface area contributed by atoms with E-state index < -0.39 is 10.8 Å². The molecule has 2 aromatic heterocycles. The molecular weight excluding hydrogens is 448 g/mol. The summed E-state index contributed by atoms with van der Waals surface area (Å²) in [5.41, 5.74) is 2.90. The van der Waals surface area contributed by atoms with Crippen molar-refractivity contribution in [1.82, 2.24) is 30.2 Å². The molecule has 1 amide bonds. The van der Waals surface area contributed by atoms with Gasteiger partial charge in [-0.25, -0.2) is 9.67 Å². The van der Waals surface area contributed by atoms with E-state index in [1.165, 1.54) is 16.8 Å². The third kappa shape index (κ3) is 4.25. The summed E-state index contributed by atoms with van der Waals surface area (Å²) < 4.78 is 1.39. The number of non-ortho nitro benzene ring substituents is 1. The number of H-pyrrole nitrogens is 1. The topological polar surface area (TPSA) is 145 Å². The normalized spacial score (nSPS) is 10.8. The van der Waals surface area contributed by atoms with Crippen molar-refractivity contribution in [3.05, 3.63) is 100 Å². The third-order valence-electron chi connectivity index (χ3n) is 5.34. The van der Waals surface area contributed by atoms with Crippen LogP contribution in [0.2, 0.25) is 0 Å². The van der Waals surface area contributed by atoms with E-state index >= 15 is 0 Å². The first-order valence-electron chi connectivity index (χ1n) is 10.6. The monoisotopic (exact) mass is 466 g/mol. The number of nitro groups is 1. The lowest BCUT2D eigenvalue weighted by atomic mass is 10.1. The minimum atomic E-state index is -0.493. The van der Waals surface area contributed by atoms with Gasteiger partial charge in [-0.05, 0) is 25.1 Å². The summed E-state index contributed by atoms with van der Waals surface area (Å²) in [6, 6.07) is 22.7. The van der Waals surface area contributed by atoms with Crippen molar-refractivity contribution in [2.75, 3.05) is 5.32 Å². The van der Waals surface area contributed by atoms with Crippen LogP contribution in [0.3, 0.4) is 0 Å². The molecule has 35 heavy (non-hydrogen) atoms. The van der Waals surface area contributed by atoms with Crippen molar-refractivity contribution in [1.29, 1.82) is 0 Å². The van der Waals surface area contributed by atoms with Crippen molar-refractivity contribution in [3.8, 4) is 28.5 Å². The zero-order valence-corrected chi connectivity index (χ0v) is 18.4. The summed E-state index contributed by atoms with van der Waals surface area (Å²) in [6.07, 6.45) is 0. The molecule has 5 aromatic rings. The molecule has 2 N–H and O–H groups in total. The fourth-order valence-electron chi connectivity index (χ4n) is 3.60. The number of hydrogen-bond acceptors (Lipinski definition) is 7. The van der Waals surface area contributed by atoms with Crippen LogP contribution in [-0.4, -0.2) is 41.0 Å². The van der Waals surface area contributed by atoms with E-state index in [0.717, 1.165) is 5.56 Å². The smallest absolute Gasteiger partial charge is 0.278 e. The number of aromatic amines is 1. The van der Waals surface area contributed by atoms with E-state index in [-0.39, 0.29) is 11.4 Å². The van der Waals surface area contributed by atoms with E-state index in [0.29, 0.717) is 34.3 Å². The van der Waals surface area contributed by atoms with Crippen LogP contribution in [0.15, 0.2) is 78.9 Å². The number of aromatic nitrogens is 6. The Labute approximate surface area is 198 Å². The van der Waals surface area contributed by atoms with Crippen molar-refractivity contribution in [2.45, 2.75) is 6.92 Å². The van der Waals surface area contributed by atoms with E-state index in [2.05, 4.69) is 30.8 Å². The van der Waals surface area contributed by atoms with Gasteiger partial charge in [0.1, 0.15) is 0 Å². The van der Waals surface area contributed by atoms with Crippen molar-refractivity contribution in [3.63, 3.8) is 0 Å². The molecular formula is C24H18N8O3. The van der Waals surface area contributed by atoms with Gasteiger partial charge in [0, 0.05) is 23.3 Å². The lowest BCUT2D eigenvalue weighted by Gasteiger charge is -2.08. The Kier molecular flexibility index (Phi) is 5.55. The van der Waals surface area contributed by atoms with Gasteiger partial charge in [0.25, 0.3) is 11.6 Å². The Bertz CT molecular complexity index is 1540. The van der Waals surface area contributed by atoms with Gasteiger partial charge in [0.15, 0.2) is 17.3 Å². The molecule has 0 aliphatic heterocycles. The molecule has 5 rings (SSSR count). The van der Waals surface area contributed by atoms with Gasteiger partial charge in [-0.3, -0.25) is 20.0 Å². The molecule has 0 radical (unpaired) electrons. The average Bonchev–Trinajstić information content (AvgIpc) is 3.52. The maximum absolute atomic E-state index is 13.1. The first-order valence-corrected chi connectivity index (χ1v) is 10.6. The van der Waals surface area contributed by atoms with E-state index in [1.54, 1.807) is 31.2 Å². The number of nitrogens with one attached hydrogen (secondary N) is 2. The Morgan fingerprint density at radius 2 is 1.80 bits per heavy atom. The van der Waals surface area contributed by atoms with Gasteiger partial charge in [-0.1, -0.05) is 53.7 Å². The molecule has 0 aliphatic carbocycles. The second-order valence-corrected chi connectivity index (χ2v) is 7.59. The Hall–Kier alpha value is -5.19. The van der Waals surface area contributed by atoms with Gasteiger partial charge in [-0.15, -0.1) is 5.10 Å². The molecule has 0 aliphatic rings. The summed E-state index contributed by atoms with van der Waals surface area (Å²) >= 11 is 0. The highest BCUT2D eigenvalue weighted by molar-refractivity contribution is 6.05. The van der Waals surface area contributed by atoms with E-state index in [1.807, 2.05) is 42.5 Å². The number of nitro benzene ring substituents is 1. The van der Waals surface area contributed by atoms with Crippen LogP contribution < -0.4 is 5.32 Å². The highest BCUT2D eigenvalue weighted by Crippen LogP contribution is 2.27. The summed E-state index contributed by atoms with van der Waals surface area (Å²) in [7, 11) is 0. The van der Waals surface area contributed by atoms with Crippen molar-refractivity contribution >= 4 is 17.3 Å². The van der Waals surface area contributed by atoms with Gasteiger partial charge in [-0.2, -0.15) is 5.10 Å². The van der Waals surface area contributed by atoms with Gasteiger partial charge in [0.2, 0.25) is 0 Å². The predicted molar refractivity (Wildman–Crippen MR) is 128 cm³/mol. The molecule has 0 bridgehead atoms. The Balaban J connectivity index is 1.42. The SMILES string of the molecule is Cc1c(C(=O)Nc2ccccc2-c2nc(-c3ccccc3)n[nH]2)nnn1-c1cccc([N+](=O)[O-])c1. The Morgan fingerprint density at radius 1 is 1.03 bits per heavy atom. The van der Waals surface area contributed by atoms with Crippen LogP contribution in [0.5, 0.6) is 0 Å². The number of para-hydroxylation sites is 1. The lowest BCUT2D eigenvalue weighted by Crippen LogP contribution is -2.15. The third-order valence-corrected chi connectivity index (χ3v) is 5.34.